The highest BCUT2D eigenvalue weighted by molar-refractivity contribution is 6.11. The Balaban J connectivity index is 1.27. The summed E-state index contributed by atoms with van der Waals surface area (Å²) in [6.07, 6.45) is -0.129. The van der Waals surface area contributed by atoms with Crippen molar-refractivity contribution in [1.29, 1.82) is 0 Å². The number of nitrogens with zero attached hydrogens (tertiary/aromatic N) is 3. The first kappa shape index (κ1) is 21.3. The zero-order chi connectivity index (χ0) is 24.6. The molecule has 0 aliphatic carbocycles. The van der Waals surface area contributed by atoms with Gasteiger partial charge in [-0.2, -0.15) is 5.10 Å². The molecule has 0 saturated carbocycles. The average Bonchev–Trinajstić information content (AvgIpc) is 3.42. The van der Waals surface area contributed by atoms with Crippen LogP contribution in [0.3, 0.4) is 0 Å². The van der Waals surface area contributed by atoms with Crippen LogP contribution in [-0.2, 0) is 0 Å². The number of hydrogen-bond donors (Lipinski definition) is 1. The van der Waals surface area contributed by atoms with Crippen LogP contribution in [0.15, 0.2) is 139 Å². The second kappa shape index (κ2) is 8.88. The van der Waals surface area contributed by atoms with E-state index in [-0.39, 0.29) is 6.17 Å². The van der Waals surface area contributed by atoms with Crippen LogP contribution in [0, 0.1) is 0 Å². The van der Waals surface area contributed by atoms with Crippen molar-refractivity contribution in [2.45, 2.75) is 6.17 Å². The molecule has 0 aromatic heterocycles. The molecule has 7 rings (SSSR count). The van der Waals surface area contributed by atoms with Gasteiger partial charge in [-0.1, -0.05) is 84.9 Å². The van der Waals surface area contributed by atoms with Crippen molar-refractivity contribution >= 4 is 28.6 Å². The second-order valence-electron chi connectivity index (χ2n) is 9.00. The van der Waals surface area contributed by atoms with Crippen LogP contribution in [0.1, 0.15) is 17.3 Å². The maximum atomic E-state index is 6.18. The quantitative estimate of drug-likeness (QED) is 0.280. The van der Waals surface area contributed by atoms with E-state index < -0.39 is 0 Å². The second-order valence-corrected chi connectivity index (χ2v) is 9.00. The summed E-state index contributed by atoms with van der Waals surface area (Å²) in [6.45, 7) is 0. The molecule has 0 amide bonds. The maximum absolute atomic E-state index is 6.18. The van der Waals surface area contributed by atoms with E-state index in [4.69, 9.17) is 9.84 Å². The Hall–Kier alpha value is -5.03. The van der Waals surface area contributed by atoms with Crippen molar-refractivity contribution in [3.63, 3.8) is 0 Å². The van der Waals surface area contributed by atoms with Gasteiger partial charge in [-0.05, 0) is 54.1 Å². The van der Waals surface area contributed by atoms with Crippen LogP contribution in [0.2, 0.25) is 0 Å². The van der Waals surface area contributed by atoms with Crippen molar-refractivity contribution in [1.82, 2.24) is 5.43 Å². The Labute approximate surface area is 215 Å². The fourth-order valence-corrected chi connectivity index (χ4v) is 5.02. The number of fused-ring (bicyclic) bond motifs is 2. The molecule has 0 spiro atoms. The van der Waals surface area contributed by atoms with Crippen molar-refractivity contribution in [2.24, 2.45) is 5.10 Å². The Morgan fingerprint density at radius 3 is 1.78 bits per heavy atom. The molecule has 5 heteroatoms. The van der Waals surface area contributed by atoms with E-state index >= 15 is 0 Å². The number of para-hydroxylation sites is 5. The first-order valence-corrected chi connectivity index (χ1v) is 12.4. The first-order chi connectivity index (χ1) is 18.4. The van der Waals surface area contributed by atoms with Gasteiger partial charge in [0.2, 0.25) is 0 Å². The van der Waals surface area contributed by atoms with Gasteiger partial charge in [-0.25, -0.2) is 0 Å². The fourth-order valence-electron chi connectivity index (χ4n) is 5.02. The van der Waals surface area contributed by atoms with Gasteiger partial charge in [0.05, 0.1) is 11.4 Å². The lowest BCUT2D eigenvalue weighted by atomic mass is 10.1. The topological polar surface area (TPSA) is 40.1 Å². The van der Waals surface area contributed by atoms with Crippen molar-refractivity contribution in [3.05, 3.63) is 145 Å². The summed E-state index contributed by atoms with van der Waals surface area (Å²) in [5.74, 6) is 2.59. The van der Waals surface area contributed by atoms with E-state index in [2.05, 4.69) is 88.0 Å². The number of nitrogens with one attached hydrogen (secondary N) is 1. The molecule has 2 heterocycles. The molecular weight excluding hydrogens is 456 g/mol. The van der Waals surface area contributed by atoms with Gasteiger partial charge in [0.25, 0.3) is 0 Å². The fraction of sp³-hybridized carbons (Fsp3) is 0.0312. The predicted molar refractivity (Wildman–Crippen MR) is 149 cm³/mol. The molecule has 0 bridgehead atoms. The summed E-state index contributed by atoms with van der Waals surface area (Å²) >= 11 is 0. The zero-order valence-electron chi connectivity index (χ0n) is 20.0. The molecule has 0 fully saturated rings. The summed E-state index contributed by atoms with van der Waals surface area (Å²) < 4.78 is 6.18. The molecule has 0 radical (unpaired) electrons. The van der Waals surface area contributed by atoms with E-state index in [9.17, 15) is 0 Å². The van der Waals surface area contributed by atoms with E-state index in [1.165, 1.54) is 0 Å². The Morgan fingerprint density at radius 1 is 0.568 bits per heavy atom. The van der Waals surface area contributed by atoms with E-state index in [1.807, 2.05) is 60.7 Å². The molecular formula is C32H24N4O. The molecule has 5 nitrogen and oxygen atoms in total. The zero-order valence-corrected chi connectivity index (χ0v) is 20.0. The summed E-state index contributed by atoms with van der Waals surface area (Å²) in [6, 6.07) is 45.7. The normalized spacial score (nSPS) is 15.8. The predicted octanol–water partition coefficient (Wildman–Crippen LogP) is 7.73. The molecule has 2 aliphatic heterocycles. The highest BCUT2D eigenvalue weighted by Gasteiger charge is 2.32. The lowest BCUT2D eigenvalue weighted by molar-refractivity contribution is 0.477. The number of hydrazone groups is 1. The number of hydrogen-bond acceptors (Lipinski definition) is 5. The first-order valence-electron chi connectivity index (χ1n) is 12.4. The molecule has 1 N–H and O–H groups in total. The average molecular weight is 481 g/mol. The minimum absolute atomic E-state index is 0.129. The van der Waals surface area contributed by atoms with Gasteiger partial charge in [-0.15, -0.1) is 0 Å². The molecule has 178 valence electrons. The van der Waals surface area contributed by atoms with Crippen LogP contribution in [0.4, 0.5) is 22.7 Å². The lowest BCUT2D eigenvalue weighted by Crippen LogP contribution is -2.33. The highest BCUT2D eigenvalue weighted by atomic mass is 16.5. The third kappa shape index (κ3) is 3.69. The monoisotopic (exact) mass is 480 g/mol. The number of rotatable bonds is 4. The van der Waals surface area contributed by atoms with Crippen molar-refractivity contribution in [3.8, 4) is 11.5 Å². The summed E-state index contributed by atoms with van der Waals surface area (Å²) in [5, 5.41) is 4.76. The van der Waals surface area contributed by atoms with Gasteiger partial charge in [0.15, 0.2) is 17.3 Å². The number of benzene rings is 5. The number of anilines is 4. The smallest absolute Gasteiger partial charge is 0.162 e. The van der Waals surface area contributed by atoms with Crippen molar-refractivity contribution in [2.75, 3.05) is 9.80 Å². The van der Waals surface area contributed by atoms with Gasteiger partial charge < -0.3 is 9.64 Å². The van der Waals surface area contributed by atoms with Crippen LogP contribution in [0.5, 0.6) is 11.5 Å². The van der Waals surface area contributed by atoms with Gasteiger partial charge in [-0.3, -0.25) is 10.3 Å². The molecule has 2 aliphatic rings. The third-order valence-electron chi connectivity index (χ3n) is 6.74. The molecule has 1 atom stereocenters. The molecule has 0 saturated heterocycles. The molecule has 5 aromatic carbocycles. The van der Waals surface area contributed by atoms with Crippen LogP contribution >= 0.6 is 0 Å². The molecule has 37 heavy (non-hydrogen) atoms. The van der Waals surface area contributed by atoms with Gasteiger partial charge in [0.1, 0.15) is 6.17 Å². The van der Waals surface area contributed by atoms with Gasteiger partial charge >= 0.3 is 0 Å². The lowest BCUT2D eigenvalue weighted by Gasteiger charge is -2.33. The Bertz CT molecular complexity index is 1540. The third-order valence-corrected chi connectivity index (χ3v) is 6.74. The number of amidine groups is 1. The summed E-state index contributed by atoms with van der Waals surface area (Å²) in [5.41, 5.74) is 9.77. The summed E-state index contributed by atoms with van der Waals surface area (Å²) in [7, 11) is 0. The van der Waals surface area contributed by atoms with Crippen molar-refractivity contribution < 1.29 is 4.74 Å². The van der Waals surface area contributed by atoms with Crippen LogP contribution < -0.4 is 20.0 Å². The number of ether oxygens (including phenoxy) is 1. The Kier molecular flexibility index (Phi) is 5.10. The minimum atomic E-state index is -0.129. The van der Waals surface area contributed by atoms with Gasteiger partial charge in [0, 0.05) is 16.9 Å². The molecule has 1 unspecified atom stereocenters. The highest BCUT2D eigenvalue weighted by Crippen LogP contribution is 2.50. The SMILES string of the molecule is c1ccc(C2=NNC(c3ccc(N4c5ccccc5Oc5ccccc54)cc3)N2c2ccccc2)cc1. The van der Waals surface area contributed by atoms with E-state index in [0.717, 1.165) is 51.2 Å². The maximum Gasteiger partial charge on any atom is 0.162 e. The standard InChI is InChI=1S/C32H24N4O/c1-3-11-23(12-4-1)31-33-34-32(36(31)25-13-5-2-6-14-25)24-19-21-26(22-20-24)35-27-15-7-9-17-29(27)37-30-18-10-8-16-28(30)35/h1-22,32,34H. The molecule has 5 aromatic rings. The Morgan fingerprint density at radius 2 is 1.14 bits per heavy atom. The summed E-state index contributed by atoms with van der Waals surface area (Å²) in [4.78, 5) is 4.50. The largest absolute Gasteiger partial charge is 0.453 e. The van der Waals surface area contributed by atoms with Crippen LogP contribution in [-0.4, -0.2) is 5.84 Å². The van der Waals surface area contributed by atoms with E-state index in [1.54, 1.807) is 0 Å². The van der Waals surface area contributed by atoms with E-state index in [0.29, 0.717) is 0 Å². The van der Waals surface area contributed by atoms with Crippen LogP contribution in [0.25, 0.3) is 0 Å². The minimum Gasteiger partial charge on any atom is -0.453 e.